The van der Waals surface area contributed by atoms with Gasteiger partial charge in [-0.15, -0.1) is 0 Å². The fourth-order valence-electron chi connectivity index (χ4n) is 4.31. The lowest BCUT2D eigenvalue weighted by molar-refractivity contribution is 0.0995. The lowest BCUT2D eigenvalue weighted by atomic mass is 10.2. The number of anilines is 3. The van der Waals surface area contributed by atoms with Gasteiger partial charge in [0.25, 0.3) is 5.91 Å². The number of carbonyl (C=O) groups is 1. The fraction of sp³-hybridized carbons (Fsp3) is 0.474. The Morgan fingerprint density at radius 2 is 2.04 bits per heavy atom. The minimum Gasteiger partial charge on any atom is -0.364 e. The molecule has 2 bridgehead atoms. The quantitative estimate of drug-likeness (QED) is 0.829. The van der Waals surface area contributed by atoms with E-state index < -0.39 is 5.91 Å². The van der Waals surface area contributed by atoms with E-state index in [2.05, 4.69) is 32.0 Å². The molecule has 2 aliphatic rings. The average Bonchev–Trinajstić information content (AvgIpc) is 2.89. The van der Waals surface area contributed by atoms with Crippen LogP contribution in [-0.4, -0.2) is 57.5 Å². The number of amides is 1. The van der Waals surface area contributed by atoms with Crippen molar-refractivity contribution in [3.05, 3.63) is 35.8 Å². The van der Waals surface area contributed by atoms with Gasteiger partial charge in [0.05, 0.1) is 11.9 Å². The molecule has 8 heteroatoms. The highest BCUT2D eigenvalue weighted by atomic mass is 16.1. The van der Waals surface area contributed by atoms with Gasteiger partial charge >= 0.3 is 0 Å². The number of piperazine rings is 1. The van der Waals surface area contributed by atoms with Gasteiger partial charge in [-0.3, -0.25) is 9.69 Å². The molecule has 2 aliphatic heterocycles. The number of hydrogen-bond acceptors (Lipinski definition) is 7. The summed E-state index contributed by atoms with van der Waals surface area (Å²) in [6, 6.07) is 5.02. The molecule has 0 unspecified atom stereocenters. The Morgan fingerprint density at radius 3 is 2.67 bits per heavy atom. The highest BCUT2D eigenvalue weighted by Gasteiger charge is 2.39. The zero-order valence-corrected chi connectivity index (χ0v) is 15.7. The molecule has 4 rings (SSSR count). The molecule has 1 amide bonds. The molecular formula is C19H25N7O. The molecule has 2 aromatic rings. The number of carbonyl (C=O) groups excluding carboxylic acids is 1. The standard InChI is InChI=1S/C19H25N7O/c1-3-26-14-4-5-15(26)11-25(10-14)16-6-7-21-19(24-16)23-13-8-12(2)17(18(20)27)22-9-13/h6-9,14-15H,3-5,10-11H2,1-2H3,(H2,20,27)(H,21,23,24)/t14-,15+. The summed E-state index contributed by atoms with van der Waals surface area (Å²) in [5.41, 5.74) is 7.03. The van der Waals surface area contributed by atoms with Gasteiger partial charge in [-0.1, -0.05) is 6.92 Å². The molecule has 142 valence electrons. The predicted molar refractivity (Wildman–Crippen MR) is 104 cm³/mol. The number of nitrogens with zero attached hydrogens (tertiary/aromatic N) is 5. The van der Waals surface area contributed by atoms with E-state index in [1.807, 2.05) is 12.1 Å². The lowest BCUT2D eigenvalue weighted by Crippen LogP contribution is -2.53. The predicted octanol–water partition coefficient (Wildman–Crippen LogP) is 1.70. The molecule has 8 nitrogen and oxygen atoms in total. The Morgan fingerprint density at radius 1 is 1.30 bits per heavy atom. The van der Waals surface area contributed by atoms with Gasteiger partial charge in [-0.25, -0.2) is 9.97 Å². The van der Waals surface area contributed by atoms with E-state index in [0.29, 0.717) is 18.0 Å². The van der Waals surface area contributed by atoms with E-state index in [1.54, 1.807) is 19.3 Å². The van der Waals surface area contributed by atoms with E-state index >= 15 is 0 Å². The molecule has 2 saturated heterocycles. The molecule has 0 saturated carbocycles. The smallest absolute Gasteiger partial charge is 0.267 e. The van der Waals surface area contributed by atoms with Crippen molar-refractivity contribution >= 4 is 23.4 Å². The lowest BCUT2D eigenvalue weighted by Gasteiger charge is -2.41. The third kappa shape index (κ3) is 3.44. The summed E-state index contributed by atoms with van der Waals surface area (Å²) in [4.78, 5) is 29.4. The molecule has 0 aliphatic carbocycles. The molecule has 0 spiro atoms. The number of hydrogen-bond donors (Lipinski definition) is 2. The maximum absolute atomic E-state index is 11.3. The van der Waals surface area contributed by atoms with E-state index in [9.17, 15) is 4.79 Å². The van der Waals surface area contributed by atoms with E-state index in [0.717, 1.165) is 36.7 Å². The van der Waals surface area contributed by atoms with Crippen molar-refractivity contribution < 1.29 is 4.79 Å². The number of nitrogens with two attached hydrogens (primary N) is 1. The number of aryl methyl sites for hydroxylation is 1. The summed E-state index contributed by atoms with van der Waals surface area (Å²) in [5.74, 6) is 0.933. The van der Waals surface area contributed by atoms with Gasteiger partial charge in [-0.2, -0.15) is 4.98 Å². The van der Waals surface area contributed by atoms with Crippen LogP contribution in [0.5, 0.6) is 0 Å². The molecule has 2 atom stereocenters. The van der Waals surface area contributed by atoms with Crippen molar-refractivity contribution in [1.29, 1.82) is 0 Å². The van der Waals surface area contributed by atoms with Crippen molar-refractivity contribution in [3.8, 4) is 0 Å². The van der Waals surface area contributed by atoms with Crippen LogP contribution in [0.3, 0.4) is 0 Å². The second kappa shape index (κ2) is 7.11. The van der Waals surface area contributed by atoms with Crippen LogP contribution >= 0.6 is 0 Å². The first-order valence-corrected chi connectivity index (χ1v) is 9.42. The normalized spacial score (nSPS) is 22.1. The largest absolute Gasteiger partial charge is 0.364 e. The summed E-state index contributed by atoms with van der Waals surface area (Å²) >= 11 is 0. The van der Waals surface area contributed by atoms with Crippen LogP contribution in [0.1, 0.15) is 35.8 Å². The van der Waals surface area contributed by atoms with Crippen molar-refractivity contribution in [2.45, 2.75) is 38.8 Å². The van der Waals surface area contributed by atoms with Crippen LogP contribution in [0.2, 0.25) is 0 Å². The van der Waals surface area contributed by atoms with Gasteiger partial charge in [0.15, 0.2) is 0 Å². The first-order chi connectivity index (χ1) is 13.0. The van der Waals surface area contributed by atoms with Crippen LogP contribution in [0, 0.1) is 6.92 Å². The maximum atomic E-state index is 11.3. The van der Waals surface area contributed by atoms with Crippen LogP contribution in [-0.2, 0) is 0 Å². The number of likely N-dealkylation sites (N-methyl/N-ethyl adjacent to an activating group) is 1. The van der Waals surface area contributed by atoms with Gasteiger partial charge < -0.3 is 16.0 Å². The summed E-state index contributed by atoms with van der Waals surface area (Å²) in [6.45, 7) is 7.18. The van der Waals surface area contributed by atoms with E-state index in [-0.39, 0.29) is 5.69 Å². The molecule has 0 aromatic carbocycles. The van der Waals surface area contributed by atoms with Gasteiger partial charge in [-0.05, 0) is 44.0 Å². The fourth-order valence-corrected chi connectivity index (χ4v) is 4.31. The Bertz CT molecular complexity index is 842. The zero-order valence-electron chi connectivity index (χ0n) is 15.7. The average molecular weight is 367 g/mol. The summed E-state index contributed by atoms with van der Waals surface area (Å²) in [7, 11) is 0. The third-order valence-corrected chi connectivity index (χ3v) is 5.53. The summed E-state index contributed by atoms with van der Waals surface area (Å²) in [5, 5.41) is 3.17. The van der Waals surface area contributed by atoms with E-state index in [4.69, 9.17) is 10.7 Å². The van der Waals surface area contributed by atoms with E-state index in [1.165, 1.54) is 12.8 Å². The minimum atomic E-state index is -0.529. The molecular weight excluding hydrogens is 342 g/mol. The van der Waals surface area contributed by atoms with Crippen molar-refractivity contribution in [2.75, 3.05) is 29.9 Å². The molecule has 2 aromatic heterocycles. The number of rotatable bonds is 5. The molecule has 27 heavy (non-hydrogen) atoms. The number of pyridine rings is 1. The summed E-state index contributed by atoms with van der Waals surface area (Å²) < 4.78 is 0. The van der Waals surface area contributed by atoms with Gasteiger partial charge in [0.1, 0.15) is 11.5 Å². The van der Waals surface area contributed by atoms with Gasteiger partial charge in [0.2, 0.25) is 5.95 Å². The highest BCUT2D eigenvalue weighted by molar-refractivity contribution is 5.92. The monoisotopic (exact) mass is 367 g/mol. The number of nitrogens with one attached hydrogen (secondary N) is 1. The Kier molecular flexibility index (Phi) is 4.65. The van der Waals surface area contributed by atoms with Crippen molar-refractivity contribution in [2.24, 2.45) is 5.73 Å². The molecule has 3 N–H and O–H groups in total. The molecule has 4 heterocycles. The highest BCUT2D eigenvalue weighted by Crippen LogP contribution is 2.31. The second-order valence-corrected chi connectivity index (χ2v) is 7.24. The number of primary amides is 1. The molecule has 0 radical (unpaired) electrons. The van der Waals surface area contributed by atoms with Crippen LogP contribution in [0.15, 0.2) is 24.5 Å². The Hall–Kier alpha value is -2.74. The Labute approximate surface area is 158 Å². The molecule has 2 fully saturated rings. The zero-order chi connectivity index (χ0) is 19.0. The van der Waals surface area contributed by atoms with Crippen LogP contribution < -0.4 is 16.0 Å². The topological polar surface area (TPSA) is 100 Å². The first kappa shape index (κ1) is 17.7. The number of aromatic nitrogens is 3. The Balaban J connectivity index is 1.50. The first-order valence-electron chi connectivity index (χ1n) is 9.42. The van der Waals surface area contributed by atoms with Crippen molar-refractivity contribution in [3.63, 3.8) is 0 Å². The maximum Gasteiger partial charge on any atom is 0.267 e. The minimum absolute atomic E-state index is 0.277. The third-order valence-electron chi connectivity index (χ3n) is 5.53. The van der Waals surface area contributed by atoms with Crippen molar-refractivity contribution in [1.82, 2.24) is 19.9 Å². The van der Waals surface area contributed by atoms with Crippen LogP contribution in [0.4, 0.5) is 17.5 Å². The number of fused-ring (bicyclic) bond motifs is 2. The van der Waals surface area contributed by atoms with Crippen LogP contribution in [0.25, 0.3) is 0 Å². The summed E-state index contributed by atoms with van der Waals surface area (Å²) in [6.07, 6.45) is 5.88. The van der Waals surface area contributed by atoms with Gasteiger partial charge in [0, 0.05) is 31.4 Å². The SMILES string of the molecule is CCN1[C@@H]2CC[C@H]1CN(c1ccnc(Nc3cnc(C(N)=O)c(C)c3)n1)C2. The second-order valence-electron chi connectivity index (χ2n) is 7.24.